The zero-order valence-electron chi connectivity index (χ0n) is 14.1. The van der Waals surface area contributed by atoms with Crippen molar-refractivity contribution in [3.05, 3.63) is 71.8 Å². The second-order valence-electron chi connectivity index (χ2n) is 5.76. The Morgan fingerprint density at radius 3 is 1.87 bits per heavy atom. The minimum Gasteiger partial charge on any atom is -0.368 e. The summed E-state index contributed by atoms with van der Waals surface area (Å²) in [5, 5.41) is 3.36. The first-order chi connectivity index (χ1) is 11.2. The lowest BCUT2D eigenvalue weighted by Gasteiger charge is -2.42. The average molecular weight is 307 g/mol. The van der Waals surface area contributed by atoms with E-state index in [9.17, 15) is 0 Å². The summed E-state index contributed by atoms with van der Waals surface area (Å²) in [6, 6.07) is 20.9. The van der Waals surface area contributed by atoms with E-state index in [0.29, 0.717) is 6.42 Å². The number of terminal acetylenes is 1. The molecule has 0 amide bonds. The SMILES string of the molecule is C#CCC(NC)C(C)C(OC)(c1ccccc1)c1ccccc1. The highest BCUT2D eigenvalue weighted by molar-refractivity contribution is 5.38. The van der Waals surface area contributed by atoms with E-state index in [1.807, 2.05) is 43.4 Å². The summed E-state index contributed by atoms with van der Waals surface area (Å²) in [7, 11) is 3.73. The molecule has 2 nitrogen and oxygen atoms in total. The van der Waals surface area contributed by atoms with Gasteiger partial charge in [0.25, 0.3) is 0 Å². The van der Waals surface area contributed by atoms with Crippen LogP contribution in [0.5, 0.6) is 0 Å². The predicted molar refractivity (Wildman–Crippen MR) is 96.1 cm³/mol. The molecule has 0 aromatic heterocycles. The van der Waals surface area contributed by atoms with Crippen LogP contribution < -0.4 is 5.32 Å². The zero-order chi connectivity index (χ0) is 16.7. The maximum Gasteiger partial charge on any atom is 0.122 e. The summed E-state index contributed by atoms with van der Waals surface area (Å²) in [4.78, 5) is 0. The smallest absolute Gasteiger partial charge is 0.122 e. The highest BCUT2D eigenvalue weighted by Gasteiger charge is 2.43. The molecular weight excluding hydrogens is 282 g/mol. The van der Waals surface area contributed by atoms with Crippen LogP contribution in [0, 0.1) is 18.3 Å². The first-order valence-corrected chi connectivity index (χ1v) is 7.97. The lowest BCUT2D eigenvalue weighted by molar-refractivity contribution is -0.0348. The second kappa shape index (κ2) is 7.97. The Labute approximate surface area is 139 Å². The first-order valence-electron chi connectivity index (χ1n) is 7.97. The van der Waals surface area contributed by atoms with Crippen LogP contribution in [0.15, 0.2) is 60.7 Å². The zero-order valence-corrected chi connectivity index (χ0v) is 14.1. The Kier molecular flexibility index (Phi) is 5.98. The Morgan fingerprint density at radius 1 is 1.04 bits per heavy atom. The Bertz CT molecular complexity index is 590. The van der Waals surface area contributed by atoms with Gasteiger partial charge >= 0.3 is 0 Å². The second-order valence-corrected chi connectivity index (χ2v) is 5.76. The van der Waals surface area contributed by atoms with Crippen molar-refractivity contribution in [3.8, 4) is 12.3 Å². The molecule has 2 heteroatoms. The van der Waals surface area contributed by atoms with Crippen molar-refractivity contribution in [1.82, 2.24) is 5.32 Å². The fraction of sp³-hybridized carbons (Fsp3) is 0.333. The summed E-state index contributed by atoms with van der Waals surface area (Å²) in [6.45, 7) is 2.20. The quantitative estimate of drug-likeness (QED) is 0.785. The molecule has 23 heavy (non-hydrogen) atoms. The van der Waals surface area contributed by atoms with E-state index in [-0.39, 0.29) is 12.0 Å². The topological polar surface area (TPSA) is 21.3 Å². The van der Waals surface area contributed by atoms with Crippen molar-refractivity contribution >= 4 is 0 Å². The molecule has 2 rings (SSSR count). The van der Waals surface area contributed by atoms with Crippen LogP contribution in [0.2, 0.25) is 0 Å². The summed E-state index contributed by atoms with van der Waals surface area (Å²) in [5.41, 5.74) is 1.73. The molecule has 0 spiro atoms. The minimum absolute atomic E-state index is 0.151. The molecule has 0 bridgehead atoms. The summed E-state index contributed by atoms with van der Waals surface area (Å²) in [5.74, 6) is 2.93. The molecule has 2 atom stereocenters. The first kappa shape index (κ1) is 17.3. The largest absolute Gasteiger partial charge is 0.368 e. The van der Waals surface area contributed by atoms with Gasteiger partial charge in [0, 0.05) is 25.5 Å². The van der Waals surface area contributed by atoms with Gasteiger partial charge in [-0.1, -0.05) is 67.6 Å². The van der Waals surface area contributed by atoms with Crippen molar-refractivity contribution in [2.75, 3.05) is 14.2 Å². The number of ether oxygens (including phenoxy) is 1. The molecule has 0 aliphatic heterocycles. The van der Waals surface area contributed by atoms with Gasteiger partial charge in [-0.3, -0.25) is 0 Å². The van der Waals surface area contributed by atoms with Crippen LogP contribution in [0.25, 0.3) is 0 Å². The summed E-state index contributed by atoms with van der Waals surface area (Å²) >= 11 is 0. The van der Waals surface area contributed by atoms with Gasteiger partial charge < -0.3 is 10.1 Å². The fourth-order valence-electron chi connectivity index (χ4n) is 3.42. The standard InChI is InChI=1S/C21H25NO/c1-5-12-20(22-3)17(2)21(23-4,18-13-8-6-9-14-18)19-15-10-7-11-16-19/h1,6-11,13-17,20,22H,12H2,2-4H3. The number of hydrogen-bond donors (Lipinski definition) is 1. The van der Waals surface area contributed by atoms with E-state index in [1.165, 1.54) is 0 Å². The van der Waals surface area contributed by atoms with Crippen molar-refractivity contribution in [1.29, 1.82) is 0 Å². The van der Waals surface area contributed by atoms with Gasteiger partial charge in [-0.15, -0.1) is 12.3 Å². The number of benzene rings is 2. The molecule has 0 radical (unpaired) electrons. The van der Waals surface area contributed by atoms with Gasteiger partial charge in [0.1, 0.15) is 5.60 Å². The fourth-order valence-corrected chi connectivity index (χ4v) is 3.42. The molecule has 2 aromatic rings. The molecule has 120 valence electrons. The van der Waals surface area contributed by atoms with E-state index in [2.05, 4.69) is 42.4 Å². The minimum atomic E-state index is -0.549. The molecule has 0 saturated carbocycles. The van der Waals surface area contributed by atoms with E-state index < -0.39 is 5.60 Å². The third-order valence-electron chi connectivity index (χ3n) is 4.68. The maximum atomic E-state index is 6.19. The summed E-state index contributed by atoms with van der Waals surface area (Å²) in [6.07, 6.45) is 6.23. The Balaban J connectivity index is 2.62. The molecule has 1 N–H and O–H groups in total. The molecule has 0 aliphatic rings. The molecule has 0 saturated heterocycles. The van der Waals surface area contributed by atoms with E-state index in [0.717, 1.165) is 11.1 Å². The van der Waals surface area contributed by atoms with Crippen molar-refractivity contribution in [2.45, 2.75) is 25.0 Å². The van der Waals surface area contributed by atoms with Gasteiger partial charge in [0.15, 0.2) is 0 Å². The molecule has 0 aliphatic carbocycles. The van der Waals surface area contributed by atoms with Crippen molar-refractivity contribution in [3.63, 3.8) is 0 Å². The van der Waals surface area contributed by atoms with Gasteiger partial charge in [0.05, 0.1) is 0 Å². The normalized spacial score (nSPS) is 14.0. The van der Waals surface area contributed by atoms with Gasteiger partial charge in [-0.25, -0.2) is 0 Å². The predicted octanol–water partition coefficient (Wildman–Crippen LogP) is 3.82. The number of rotatable bonds is 7. The average Bonchev–Trinajstić information content (AvgIpc) is 2.62. The van der Waals surface area contributed by atoms with E-state index in [1.54, 1.807) is 7.11 Å². The van der Waals surface area contributed by atoms with Crippen molar-refractivity contribution < 1.29 is 4.74 Å². The third kappa shape index (κ3) is 3.32. The van der Waals surface area contributed by atoms with E-state index in [4.69, 9.17) is 11.2 Å². The third-order valence-corrected chi connectivity index (χ3v) is 4.68. The van der Waals surface area contributed by atoms with Gasteiger partial charge in [0.2, 0.25) is 0 Å². The van der Waals surface area contributed by atoms with Crippen LogP contribution >= 0.6 is 0 Å². The lowest BCUT2D eigenvalue weighted by atomic mass is 9.73. The highest BCUT2D eigenvalue weighted by Crippen LogP contribution is 2.42. The van der Waals surface area contributed by atoms with Crippen LogP contribution in [-0.2, 0) is 10.3 Å². The number of nitrogens with one attached hydrogen (secondary N) is 1. The molecule has 0 fully saturated rings. The molecule has 2 unspecified atom stereocenters. The number of methoxy groups -OCH3 is 1. The number of hydrogen-bond acceptors (Lipinski definition) is 2. The maximum absolute atomic E-state index is 6.19. The van der Waals surface area contributed by atoms with Crippen LogP contribution in [0.4, 0.5) is 0 Å². The van der Waals surface area contributed by atoms with Crippen LogP contribution in [0.1, 0.15) is 24.5 Å². The molecule has 2 aromatic carbocycles. The molecular formula is C21H25NO. The van der Waals surface area contributed by atoms with Gasteiger partial charge in [-0.2, -0.15) is 0 Å². The van der Waals surface area contributed by atoms with Crippen LogP contribution in [0.3, 0.4) is 0 Å². The van der Waals surface area contributed by atoms with Crippen molar-refractivity contribution in [2.24, 2.45) is 5.92 Å². The van der Waals surface area contributed by atoms with E-state index >= 15 is 0 Å². The Morgan fingerprint density at radius 2 is 1.52 bits per heavy atom. The van der Waals surface area contributed by atoms with Crippen LogP contribution in [-0.4, -0.2) is 20.2 Å². The summed E-state index contributed by atoms with van der Waals surface area (Å²) < 4.78 is 6.19. The highest BCUT2D eigenvalue weighted by atomic mass is 16.5. The van der Waals surface area contributed by atoms with Gasteiger partial charge in [-0.05, 0) is 18.2 Å². The Hall–Kier alpha value is -2.08. The lowest BCUT2D eigenvalue weighted by Crippen LogP contribution is -2.47. The monoisotopic (exact) mass is 307 g/mol. The molecule has 0 heterocycles.